The van der Waals surface area contributed by atoms with Crippen molar-refractivity contribution < 1.29 is 9.53 Å². The Balaban J connectivity index is 1.48. The Hall–Kier alpha value is -2.09. The van der Waals surface area contributed by atoms with Crippen LogP contribution in [0.3, 0.4) is 0 Å². The van der Waals surface area contributed by atoms with Gasteiger partial charge in [0.1, 0.15) is 5.75 Å². The summed E-state index contributed by atoms with van der Waals surface area (Å²) >= 11 is 1.47. The van der Waals surface area contributed by atoms with Crippen LogP contribution in [0, 0.1) is 0 Å². The molecule has 3 rings (SSSR count). The van der Waals surface area contributed by atoms with Gasteiger partial charge in [0.2, 0.25) is 11.1 Å². The summed E-state index contributed by atoms with van der Waals surface area (Å²) in [5.41, 5.74) is 2.01. The average Bonchev–Trinajstić information content (AvgIpc) is 2.99. The molecule has 1 aromatic heterocycles. The van der Waals surface area contributed by atoms with Gasteiger partial charge in [0.05, 0.1) is 13.2 Å². The van der Waals surface area contributed by atoms with Crippen LogP contribution in [-0.4, -0.2) is 39.0 Å². The number of aryl methyl sites for hydroxylation is 2. The number of fused-ring (bicyclic) bond motifs is 1. The van der Waals surface area contributed by atoms with Crippen molar-refractivity contribution in [1.29, 1.82) is 0 Å². The van der Waals surface area contributed by atoms with Crippen LogP contribution in [0.4, 0.5) is 5.69 Å². The number of tetrazole rings is 1. The number of carbonyl (C=O) groups excluding carboxylic acids is 1. The molecular weight excluding hydrogens is 302 g/mol. The summed E-state index contributed by atoms with van der Waals surface area (Å²) in [4.78, 5) is 12.9. The third-order valence-corrected chi connectivity index (χ3v) is 3.89. The van der Waals surface area contributed by atoms with Gasteiger partial charge in [-0.2, -0.15) is 4.80 Å². The van der Waals surface area contributed by atoms with Gasteiger partial charge in [-0.25, -0.2) is 0 Å². The molecule has 2 aromatic rings. The lowest BCUT2D eigenvalue weighted by Crippen LogP contribution is -2.18. The van der Waals surface area contributed by atoms with E-state index in [2.05, 4.69) is 20.7 Å². The van der Waals surface area contributed by atoms with Crippen molar-refractivity contribution in [3.63, 3.8) is 0 Å². The van der Waals surface area contributed by atoms with Gasteiger partial charge in [0.15, 0.2) is 0 Å². The third kappa shape index (κ3) is 3.56. The second kappa shape index (κ2) is 6.78. The lowest BCUT2D eigenvalue weighted by Gasteiger charge is -2.17. The molecule has 0 saturated heterocycles. The monoisotopic (exact) mass is 319 g/mol. The van der Waals surface area contributed by atoms with Crippen LogP contribution in [0.2, 0.25) is 0 Å². The van der Waals surface area contributed by atoms with Crippen molar-refractivity contribution in [3.05, 3.63) is 23.8 Å². The zero-order chi connectivity index (χ0) is 15.4. The highest BCUT2D eigenvalue weighted by molar-refractivity contribution is 7.98. The minimum Gasteiger partial charge on any atom is -0.494 e. The number of hydrogen-bond donors (Lipinski definition) is 1. The summed E-state index contributed by atoms with van der Waals surface area (Å²) in [6.45, 7) is 1.26. The minimum absolute atomic E-state index is 0.0751. The van der Waals surface area contributed by atoms with Crippen LogP contribution in [-0.2, 0) is 17.8 Å². The number of ether oxygens (including phenoxy) is 1. The zero-order valence-corrected chi connectivity index (χ0v) is 13.1. The highest BCUT2D eigenvalue weighted by Gasteiger charge is 2.14. The lowest BCUT2D eigenvalue weighted by molar-refractivity contribution is -0.116. The maximum Gasteiger partial charge on any atom is 0.230 e. The Morgan fingerprint density at radius 1 is 1.41 bits per heavy atom. The second-order valence-electron chi connectivity index (χ2n) is 4.94. The quantitative estimate of drug-likeness (QED) is 0.645. The van der Waals surface area contributed by atoms with Crippen LogP contribution in [0.25, 0.3) is 0 Å². The molecule has 0 atom stereocenters. The van der Waals surface area contributed by atoms with Gasteiger partial charge in [-0.1, -0.05) is 11.8 Å². The zero-order valence-electron chi connectivity index (χ0n) is 12.3. The van der Waals surface area contributed by atoms with E-state index in [1.165, 1.54) is 11.8 Å². The van der Waals surface area contributed by atoms with E-state index in [-0.39, 0.29) is 5.91 Å². The summed E-state index contributed by atoms with van der Waals surface area (Å²) < 4.78 is 5.75. The molecule has 0 fully saturated rings. The predicted molar refractivity (Wildman–Crippen MR) is 83.1 cm³/mol. The Kier molecular flexibility index (Phi) is 4.57. The molecule has 1 aliphatic heterocycles. The van der Waals surface area contributed by atoms with E-state index in [0.29, 0.717) is 24.7 Å². The SMILES string of the molecule is CSc1nnn(CCCOc2ccc3c(c2)CCC(=O)N3)n1. The van der Waals surface area contributed by atoms with Gasteiger partial charge in [-0.05, 0) is 41.7 Å². The van der Waals surface area contributed by atoms with Crippen LogP contribution in [0.5, 0.6) is 5.75 Å². The molecule has 22 heavy (non-hydrogen) atoms. The maximum atomic E-state index is 11.3. The van der Waals surface area contributed by atoms with E-state index in [0.717, 1.165) is 29.8 Å². The van der Waals surface area contributed by atoms with Crippen molar-refractivity contribution in [2.24, 2.45) is 0 Å². The van der Waals surface area contributed by atoms with E-state index in [1.807, 2.05) is 24.5 Å². The van der Waals surface area contributed by atoms with E-state index in [9.17, 15) is 4.79 Å². The van der Waals surface area contributed by atoms with E-state index < -0.39 is 0 Å². The van der Waals surface area contributed by atoms with Crippen LogP contribution in [0.1, 0.15) is 18.4 Å². The van der Waals surface area contributed by atoms with Gasteiger partial charge < -0.3 is 10.1 Å². The topological polar surface area (TPSA) is 81.9 Å². The summed E-state index contributed by atoms with van der Waals surface area (Å²) in [6, 6.07) is 5.77. The standard InChI is InChI=1S/C14H17N5O2S/c1-22-14-16-18-19(17-14)7-2-8-21-11-4-5-12-10(9-11)3-6-13(20)15-12/h4-5,9H,2-3,6-8H2,1H3,(H,15,20). The fourth-order valence-corrected chi connectivity index (χ4v) is 2.54. The van der Waals surface area contributed by atoms with E-state index >= 15 is 0 Å². The van der Waals surface area contributed by atoms with Crippen molar-refractivity contribution >= 4 is 23.4 Å². The summed E-state index contributed by atoms with van der Waals surface area (Å²) in [5.74, 6) is 0.900. The molecule has 0 unspecified atom stereocenters. The molecule has 1 amide bonds. The molecular formula is C14H17N5O2S. The normalized spacial score (nSPS) is 13.6. The summed E-state index contributed by atoms with van der Waals surface area (Å²) in [5, 5.41) is 15.6. The molecule has 116 valence electrons. The van der Waals surface area contributed by atoms with Crippen molar-refractivity contribution in [2.45, 2.75) is 31.0 Å². The lowest BCUT2D eigenvalue weighted by atomic mass is 10.0. The molecule has 0 aliphatic carbocycles. The number of hydrogen-bond acceptors (Lipinski definition) is 6. The molecule has 0 spiro atoms. The Labute approximate surface area is 132 Å². The number of aromatic nitrogens is 4. The van der Waals surface area contributed by atoms with E-state index in [4.69, 9.17) is 4.74 Å². The predicted octanol–water partition coefficient (Wildman–Crippen LogP) is 1.75. The number of carbonyl (C=O) groups is 1. The molecule has 0 radical (unpaired) electrons. The molecule has 1 N–H and O–H groups in total. The highest BCUT2D eigenvalue weighted by Crippen LogP contribution is 2.26. The average molecular weight is 319 g/mol. The fraction of sp³-hybridized carbons (Fsp3) is 0.429. The number of nitrogens with one attached hydrogen (secondary N) is 1. The van der Waals surface area contributed by atoms with Crippen LogP contribution < -0.4 is 10.1 Å². The smallest absolute Gasteiger partial charge is 0.230 e. The first-order valence-corrected chi connectivity index (χ1v) is 8.34. The number of rotatable bonds is 6. The maximum absolute atomic E-state index is 11.3. The number of benzene rings is 1. The molecule has 7 nitrogen and oxygen atoms in total. The number of amides is 1. The summed E-state index contributed by atoms with van der Waals surface area (Å²) in [7, 11) is 0. The molecule has 1 aromatic carbocycles. The van der Waals surface area contributed by atoms with Gasteiger partial charge in [0.25, 0.3) is 0 Å². The first-order chi connectivity index (χ1) is 10.7. The van der Waals surface area contributed by atoms with Crippen LogP contribution in [0.15, 0.2) is 23.4 Å². The minimum atomic E-state index is 0.0751. The Morgan fingerprint density at radius 3 is 3.14 bits per heavy atom. The van der Waals surface area contributed by atoms with Crippen molar-refractivity contribution in [1.82, 2.24) is 20.2 Å². The number of thioether (sulfide) groups is 1. The Bertz CT molecular complexity index is 673. The first-order valence-electron chi connectivity index (χ1n) is 7.12. The second-order valence-corrected chi connectivity index (χ2v) is 5.71. The van der Waals surface area contributed by atoms with Gasteiger partial charge in [-0.3, -0.25) is 4.79 Å². The molecule has 2 heterocycles. The molecule has 1 aliphatic rings. The highest BCUT2D eigenvalue weighted by atomic mass is 32.2. The molecule has 0 saturated carbocycles. The number of nitrogens with zero attached hydrogens (tertiary/aromatic N) is 4. The van der Waals surface area contributed by atoms with Gasteiger partial charge >= 0.3 is 0 Å². The van der Waals surface area contributed by atoms with Gasteiger partial charge in [0, 0.05) is 18.5 Å². The Morgan fingerprint density at radius 2 is 2.32 bits per heavy atom. The molecule has 8 heteroatoms. The largest absolute Gasteiger partial charge is 0.494 e. The van der Waals surface area contributed by atoms with E-state index in [1.54, 1.807) is 4.80 Å². The summed E-state index contributed by atoms with van der Waals surface area (Å²) in [6.07, 6.45) is 4.02. The van der Waals surface area contributed by atoms with Crippen molar-refractivity contribution in [2.75, 3.05) is 18.2 Å². The number of anilines is 1. The third-order valence-electron chi connectivity index (χ3n) is 3.36. The first kappa shape index (κ1) is 14.8. The van der Waals surface area contributed by atoms with Gasteiger partial charge in [-0.15, -0.1) is 10.2 Å². The molecule has 0 bridgehead atoms. The fourth-order valence-electron chi connectivity index (χ4n) is 2.25. The van der Waals surface area contributed by atoms with Crippen molar-refractivity contribution in [3.8, 4) is 5.75 Å². The van der Waals surface area contributed by atoms with Crippen LogP contribution >= 0.6 is 11.8 Å².